The molecule has 1 unspecified atom stereocenters. The third kappa shape index (κ3) is 7.85. The van der Waals surface area contributed by atoms with Crippen LogP contribution in [0.1, 0.15) is 50.3 Å². The predicted molar refractivity (Wildman–Crippen MR) is 145 cm³/mol. The molecule has 0 saturated heterocycles. The average molecular weight is 507 g/mol. The molecule has 3 aromatic carbocycles. The van der Waals surface area contributed by atoms with Gasteiger partial charge in [0.2, 0.25) is 5.91 Å². The lowest BCUT2D eigenvalue weighted by Crippen LogP contribution is -2.52. The van der Waals surface area contributed by atoms with Crippen LogP contribution in [0.3, 0.4) is 0 Å². The molecule has 1 atom stereocenters. The Balaban J connectivity index is 1.89. The van der Waals surface area contributed by atoms with Gasteiger partial charge in [-0.25, -0.2) is 0 Å². The van der Waals surface area contributed by atoms with Crippen molar-refractivity contribution in [1.29, 1.82) is 0 Å². The number of carbonyl (C=O) groups excluding carboxylic acids is 2. The van der Waals surface area contributed by atoms with Crippen LogP contribution < -0.4 is 10.1 Å². The van der Waals surface area contributed by atoms with Crippen molar-refractivity contribution in [3.8, 4) is 5.75 Å². The van der Waals surface area contributed by atoms with Crippen molar-refractivity contribution in [3.63, 3.8) is 0 Å². The summed E-state index contributed by atoms with van der Waals surface area (Å²) in [6.07, 6.45) is 0.374. The first-order valence-electron chi connectivity index (χ1n) is 12.3. The Bertz CT molecular complexity index is 1130. The Hall–Kier alpha value is -3.31. The highest BCUT2D eigenvalue weighted by Crippen LogP contribution is 2.22. The van der Waals surface area contributed by atoms with E-state index in [0.29, 0.717) is 23.1 Å². The molecule has 5 nitrogen and oxygen atoms in total. The molecule has 0 spiro atoms. The summed E-state index contributed by atoms with van der Waals surface area (Å²) >= 11 is 6.45. The molecule has 0 radical (unpaired) electrons. The van der Waals surface area contributed by atoms with E-state index in [2.05, 4.69) is 19.2 Å². The van der Waals surface area contributed by atoms with Gasteiger partial charge in [-0.3, -0.25) is 9.59 Å². The number of nitrogens with one attached hydrogen (secondary N) is 1. The van der Waals surface area contributed by atoms with Crippen molar-refractivity contribution in [3.05, 3.63) is 101 Å². The van der Waals surface area contributed by atoms with Gasteiger partial charge in [0.05, 0.1) is 0 Å². The van der Waals surface area contributed by atoms with Gasteiger partial charge in [0.15, 0.2) is 6.61 Å². The lowest BCUT2D eigenvalue weighted by molar-refractivity contribution is -0.143. The third-order valence-electron chi connectivity index (χ3n) is 5.91. The fourth-order valence-electron chi connectivity index (χ4n) is 3.92. The number of nitrogens with zero attached hydrogens (tertiary/aromatic N) is 1. The van der Waals surface area contributed by atoms with E-state index in [-0.39, 0.29) is 31.0 Å². The van der Waals surface area contributed by atoms with Gasteiger partial charge in [-0.1, -0.05) is 86.1 Å². The van der Waals surface area contributed by atoms with Crippen LogP contribution in [-0.2, 0) is 22.6 Å². The molecule has 0 heterocycles. The first kappa shape index (κ1) is 27.3. The maximum absolute atomic E-state index is 13.6. The van der Waals surface area contributed by atoms with Crippen LogP contribution in [0, 0.1) is 0 Å². The summed E-state index contributed by atoms with van der Waals surface area (Å²) in [5.41, 5.74) is 2.93. The predicted octanol–water partition coefficient (Wildman–Crippen LogP) is 6.01. The second-order valence-electron chi connectivity index (χ2n) is 9.49. The molecular formula is C30H35ClN2O3. The van der Waals surface area contributed by atoms with Gasteiger partial charge in [0, 0.05) is 24.0 Å². The maximum atomic E-state index is 13.6. The van der Waals surface area contributed by atoms with E-state index in [0.717, 1.165) is 11.1 Å². The third-order valence-corrected chi connectivity index (χ3v) is 6.28. The van der Waals surface area contributed by atoms with Crippen LogP contribution in [0.4, 0.5) is 0 Å². The minimum atomic E-state index is -0.731. The van der Waals surface area contributed by atoms with Crippen LogP contribution in [0.5, 0.6) is 5.75 Å². The molecule has 0 bridgehead atoms. The number of ether oxygens (including phenoxy) is 1. The first-order chi connectivity index (χ1) is 17.2. The van der Waals surface area contributed by atoms with Crippen LogP contribution >= 0.6 is 11.6 Å². The largest absolute Gasteiger partial charge is 0.484 e. The Morgan fingerprint density at radius 3 is 2.14 bits per heavy atom. The van der Waals surface area contributed by atoms with Crippen LogP contribution in [-0.4, -0.2) is 35.4 Å². The van der Waals surface area contributed by atoms with Gasteiger partial charge in [-0.05, 0) is 54.7 Å². The fourth-order valence-corrected chi connectivity index (χ4v) is 4.12. The van der Waals surface area contributed by atoms with Gasteiger partial charge in [0.25, 0.3) is 5.91 Å². The van der Waals surface area contributed by atoms with Gasteiger partial charge in [0.1, 0.15) is 11.8 Å². The average Bonchev–Trinajstić information content (AvgIpc) is 2.86. The second kappa shape index (κ2) is 13.1. The Labute approximate surface area is 219 Å². The molecule has 1 N–H and O–H groups in total. The second-order valence-corrected chi connectivity index (χ2v) is 9.90. The molecule has 0 aliphatic heterocycles. The van der Waals surface area contributed by atoms with E-state index in [4.69, 9.17) is 16.3 Å². The van der Waals surface area contributed by atoms with E-state index >= 15 is 0 Å². The number of benzene rings is 3. The number of hydrogen-bond donors (Lipinski definition) is 1. The highest BCUT2D eigenvalue weighted by Gasteiger charge is 2.31. The van der Waals surface area contributed by atoms with Gasteiger partial charge in [-0.2, -0.15) is 0 Å². The number of halogens is 1. The van der Waals surface area contributed by atoms with Crippen molar-refractivity contribution >= 4 is 23.4 Å². The quantitative estimate of drug-likeness (QED) is 0.346. The number of rotatable bonds is 11. The van der Waals surface area contributed by atoms with E-state index in [1.165, 1.54) is 5.56 Å². The Kier molecular flexibility index (Phi) is 9.95. The van der Waals surface area contributed by atoms with Crippen molar-refractivity contribution in [2.75, 3.05) is 6.61 Å². The monoisotopic (exact) mass is 506 g/mol. The van der Waals surface area contributed by atoms with E-state index in [9.17, 15) is 9.59 Å². The molecule has 2 amide bonds. The summed E-state index contributed by atoms with van der Waals surface area (Å²) in [5, 5.41) is 3.53. The lowest BCUT2D eigenvalue weighted by Gasteiger charge is -2.32. The van der Waals surface area contributed by atoms with Gasteiger partial charge < -0.3 is 15.0 Å². The molecule has 0 saturated carbocycles. The molecule has 0 fully saturated rings. The molecule has 6 heteroatoms. The van der Waals surface area contributed by atoms with Crippen molar-refractivity contribution in [2.24, 2.45) is 0 Å². The van der Waals surface area contributed by atoms with Gasteiger partial charge in [-0.15, -0.1) is 0 Å². The number of amides is 2. The normalized spacial score (nSPS) is 11.9. The Morgan fingerprint density at radius 2 is 1.53 bits per heavy atom. The maximum Gasteiger partial charge on any atom is 0.261 e. The molecule has 36 heavy (non-hydrogen) atoms. The topological polar surface area (TPSA) is 58.6 Å². The fraction of sp³-hybridized carbons (Fsp3) is 0.333. The molecule has 3 rings (SSSR count). The summed E-state index contributed by atoms with van der Waals surface area (Å²) in [4.78, 5) is 28.6. The van der Waals surface area contributed by atoms with E-state index < -0.39 is 6.04 Å². The van der Waals surface area contributed by atoms with Crippen molar-refractivity contribution < 1.29 is 14.3 Å². The summed E-state index contributed by atoms with van der Waals surface area (Å²) in [6.45, 7) is 8.06. The SMILES string of the molecule is CC(C)NC(=O)C(Cc1ccccc1)N(Cc1ccccc1Cl)C(=O)COc1ccc(C(C)C)cc1. The first-order valence-corrected chi connectivity index (χ1v) is 12.7. The Morgan fingerprint density at radius 1 is 0.889 bits per heavy atom. The molecule has 0 aliphatic rings. The zero-order valence-corrected chi connectivity index (χ0v) is 22.2. The molecular weight excluding hydrogens is 472 g/mol. The van der Waals surface area contributed by atoms with Crippen LogP contribution in [0.2, 0.25) is 5.02 Å². The molecule has 0 aromatic heterocycles. The van der Waals surface area contributed by atoms with Gasteiger partial charge >= 0.3 is 0 Å². The van der Waals surface area contributed by atoms with Crippen molar-refractivity contribution in [2.45, 2.75) is 58.7 Å². The minimum absolute atomic E-state index is 0.0660. The molecule has 3 aromatic rings. The van der Waals surface area contributed by atoms with E-state index in [1.807, 2.05) is 86.6 Å². The number of carbonyl (C=O) groups is 2. The molecule has 0 aliphatic carbocycles. The van der Waals surface area contributed by atoms with Crippen LogP contribution in [0.15, 0.2) is 78.9 Å². The van der Waals surface area contributed by atoms with E-state index in [1.54, 1.807) is 11.0 Å². The number of hydrogen-bond acceptors (Lipinski definition) is 3. The standard InChI is InChI=1S/C30H35ClN2O3/c1-21(2)24-14-16-26(17-15-24)36-20-29(34)33(19-25-12-8-9-13-27(25)31)28(30(35)32-22(3)4)18-23-10-6-5-7-11-23/h5-17,21-22,28H,18-20H2,1-4H3,(H,32,35). The van der Waals surface area contributed by atoms with Crippen LogP contribution in [0.25, 0.3) is 0 Å². The summed E-state index contributed by atoms with van der Waals surface area (Å²) in [6, 6.07) is 24.0. The smallest absolute Gasteiger partial charge is 0.261 e. The zero-order chi connectivity index (χ0) is 26.1. The lowest BCUT2D eigenvalue weighted by atomic mass is 10.0. The van der Waals surface area contributed by atoms with Crippen molar-refractivity contribution in [1.82, 2.24) is 10.2 Å². The highest BCUT2D eigenvalue weighted by atomic mass is 35.5. The summed E-state index contributed by atoms with van der Waals surface area (Å²) in [5.74, 6) is 0.514. The minimum Gasteiger partial charge on any atom is -0.484 e. The summed E-state index contributed by atoms with van der Waals surface area (Å²) in [7, 11) is 0. The summed E-state index contributed by atoms with van der Waals surface area (Å²) < 4.78 is 5.86. The highest BCUT2D eigenvalue weighted by molar-refractivity contribution is 6.31. The zero-order valence-electron chi connectivity index (χ0n) is 21.4. The molecule has 190 valence electrons.